The largest absolute Gasteiger partial charge is 0.517 e. The standard InChI is InChI=1S/C22H27F3N2O5S/c1-2-32-21(29)27(33(30,31)22(23,24)25)19-12-6-5-10-18(19)15-26-13-7-11-17(20(26)28)14-16-8-3-4-9-16/h5-6,10,12,14,16H,2-4,7-9,11,13,15H2,1H3/b17-14+. The Labute approximate surface area is 191 Å². The van der Waals surface area contributed by atoms with Gasteiger partial charge >= 0.3 is 21.6 Å². The highest BCUT2D eigenvalue weighted by atomic mass is 32.2. The minimum atomic E-state index is -6.07. The summed E-state index contributed by atoms with van der Waals surface area (Å²) in [6, 6.07) is 5.32. The van der Waals surface area contributed by atoms with Gasteiger partial charge in [-0.2, -0.15) is 25.9 Å². The van der Waals surface area contributed by atoms with Crippen molar-refractivity contribution in [2.24, 2.45) is 5.92 Å². The van der Waals surface area contributed by atoms with E-state index in [1.807, 2.05) is 6.08 Å². The van der Waals surface area contributed by atoms with Crippen molar-refractivity contribution in [2.75, 3.05) is 17.5 Å². The monoisotopic (exact) mass is 488 g/mol. The lowest BCUT2D eigenvalue weighted by Gasteiger charge is -2.31. The summed E-state index contributed by atoms with van der Waals surface area (Å²) in [5.74, 6) is 0.136. The smallest absolute Gasteiger partial charge is 0.449 e. The fourth-order valence-corrected chi connectivity index (χ4v) is 5.14. The van der Waals surface area contributed by atoms with E-state index in [9.17, 15) is 31.2 Å². The molecule has 1 heterocycles. The molecule has 0 bridgehead atoms. The Morgan fingerprint density at radius 1 is 1.21 bits per heavy atom. The van der Waals surface area contributed by atoms with Gasteiger partial charge in [-0.15, -0.1) is 0 Å². The number of benzene rings is 1. The summed E-state index contributed by atoms with van der Waals surface area (Å²) in [7, 11) is -6.07. The summed E-state index contributed by atoms with van der Waals surface area (Å²) in [6.45, 7) is 1.28. The number of rotatable bonds is 6. The highest BCUT2D eigenvalue weighted by Gasteiger charge is 2.53. The van der Waals surface area contributed by atoms with Crippen LogP contribution in [-0.4, -0.2) is 44.0 Å². The maximum atomic E-state index is 13.4. The van der Waals surface area contributed by atoms with Crippen LogP contribution in [0.1, 0.15) is 51.0 Å². The molecule has 3 rings (SSSR count). The fraction of sp³-hybridized carbons (Fsp3) is 0.545. The number of alkyl halides is 3. The van der Waals surface area contributed by atoms with E-state index in [4.69, 9.17) is 0 Å². The first kappa shape index (κ1) is 25.1. The van der Waals surface area contributed by atoms with Gasteiger partial charge in [-0.3, -0.25) is 4.79 Å². The third kappa shape index (κ3) is 5.51. The van der Waals surface area contributed by atoms with Gasteiger partial charge in [0, 0.05) is 18.7 Å². The molecule has 182 valence electrons. The number of anilines is 1. The second-order valence-electron chi connectivity index (χ2n) is 8.11. The van der Waals surface area contributed by atoms with Crippen molar-refractivity contribution in [3.63, 3.8) is 0 Å². The zero-order chi connectivity index (χ0) is 24.2. The molecule has 0 aromatic heterocycles. The number of sulfonamides is 1. The molecule has 11 heteroatoms. The fourth-order valence-electron chi connectivity index (χ4n) is 4.25. The van der Waals surface area contributed by atoms with Crippen LogP contribution < -0.4 is 4.31 Å². The number of ether oxygens (including phenoxy) is 1. The summed E-state index contributed by atoms with van der Waals surface area (Å²) >= 11 is 0. The summed E-state index contributed by atoms with van der Waals surface area (Å²) in [5, 5.41) is 0. The Balaban J connectivity index is 1.94. The molecule has 1 aliphatic heterocycles. The van der Waals surface area contributed by atoms with Gasteiger partial charge in [-0.1, -0.05) is 37.1 Å². The molecular weight excluding hydrogens is 461 g/mol. The van der Waals surface area contributed by atoms with Crippen LogP contribution in [0, 0.1) is 5.92 Å². The van der Waals surface area contributed by atoms with Crippen LogP contribution in [-0.2, 0) is 26.1 Å². The number of amides is 2. The average Bonchev–Trinajstić information content (AvgIpc) is 3.25. The van der Waals surface area contributed by atoms with Crippen LogP contribution in [0.3, 0.4) is 0 Å². The predicted molar refractivity (Wildman–Crippen MR) is 116 cm³/mol. The molecule has 1 aromatic carbocycles. The molecule has 1 aliphatic carbocycles. The number of para-hydroxylation sites is 1. The number of allylic oxidation sites excluding steroid dienone is 1. The zero-order valence-electron chi connectivity index (χ0n) is 18.3. The number of hydrogen-bond donors (Lipinski definition) is 0. The van der Waals surface area contributed by atoms with Crippen molar-refractivity contribution in [1.82, 2.24) is 4.90 Å². The second kappa shape index (κ2) is 10.1. The lowest BCUT2D eigenvalue weighted by atomic mass is 9.97. The van der Waals surface area contributed by atoms with Gasteiger partial charge in [0.1, 0.15) is 0 Å². The molecule has 2 aliphatic rings. The van der Waals surface area contributed by atoms with E-state index in [1.54, 1.807) is 0 Å². The Bertz CT molecular complexity index is 1020. The molecule has 0 atom stereocenters. The van der Waals surface area contributed by atoms with E-state index in [1.165, 1.54) is 30.0 Å². The number of carbonyl (C=O) groups is 2. The Kier molecular flexibility index (Phi) is 7.71. The Morgan fingerprint density at radius 2 is 1.88 bits per heavy atom. The van der Waals surface area contributed by atoms with Crippen LogP contribution >= 0.6 is 0 Å². The molecule has 0 radical (unpaired) electrons. The quantitative estimate of drug-likeness (QED) is 0.540. The lowest BCUT2D eigenvalue weighted by Crippen LogP contribution is -2.45. The van der Waals surface area contributed by atoms with Crippen molar-refractivity contribution >= 4 is 27.7 Å². The van der Waals surface area contributed by atoms with E-state index in [0.29, 0.717) is 30.9 Å². The molecule has 1 aromatic rings. The highest BCUT2D eigenvalue weighted by Crippen LogP contribution is 2.35. The molecule has 1 saturated carbocycles. The molecule has 2 amide bonds. The number of likely N-dealkylation sites (tertiary alicyclic amines) is 1. The third-order valence-corrected chi connectivity index (χ3v) is 7.22. The normalized spacial score (nSPS) is 19.2. The number of carbonyl (C=O) groups excluding carboxylic acids is 2. The predicted octanol–water partition coefficient (Wildman–Crippen LogP) is 4.74. The van der Waals surface area contributed by atoms with Crippen LogP contribution in [0.25, 0.3) is 0 Å². The van der Waals surface area contributed by atoms with Gasteiger partial charge in [0.2, 0.25) is 5.91 Å². The first-order chi connectivity index (χ1) is 15.6. The number of hydrogen-bond acceptors (Lipinski definition) is 5. The van der Waals surface area contributed by atoms with Gasteiger partial charge in [-0.25, -0.2) is 4.79 Å². The summed E-state index contributed by atoms with van der Waals surface area (Å²) in [4.78, 5) is 26.9. The molecule has 2 fully saturated rings. The SMILES string of the molecule is CCOC(=O)N(c1ccccc1CN1CCC/C(=C\C2CCCC2)C1=O)S(=O)(=O)C(F)(F)F. The van der Waals surface area contributed by atoms with Gasteiger partial charge in [0.25, 0.3) is 0 Å². The zero-order valence-corrected chi connectivity index (χ0v) is 19.1. The van der Waals surface area contributed by atoms with E-state index in [-0.39, 0.29) is 28.9 Å². The minimum absolute atomic E-state index is 0.0915. The summed E-state index contributed by atoms with van der Waals surface area (Å²) < 4.78 is 68.8. The number of halogens is 3. The van der Waals surface area contributed by atoms with Crippen molar-refractivity contribution in [1.29, 1.82) is 0 Å². The van der Waals surface area contributed by atoms with E-state index in [0.717, 1.165) is 31.7 Å². The lowest BCUT2D eigenvalue weighted by molar-refractivity contribution is -0.129. The van der Waals surface area contributed by atoms with Gasteiger partial charge in [0.05, 0.1) is 12.3 Å². The third-order valence-electron chi connectivity index (χ3n) is 5.81. The van der Waals surface area contributed by atoms with Crippen LogP contribution in [0.2, 0.25) is 0 Å². The topological polar surface area (TPSA) is 84.0 Å². The van der Waals surface area contributed by atoms with Crippen molar-refractivity contribution in [2.45, 2.75) is 57.5 Å². The van der Waals surface area contributed by atoms with Crippen molar-refractivity contribution in [3.8, 4) is 0 Å². The van der Waals surface area contributed by atoms with Crippen molar-refractivity contribution < 1.29 is 35.9 Å². The van der Waals surface area contributed by atoms with Gasteiger partial charge < -0.3 is 9.64 Å². The molecule has 0 unspecified atom stereocenters. The van der Waals surface area contributed by atoms with Crippen LogP contribution in [0.5, 0.6) is 0 Å². The first-order valence-corrected chi connectivity index (χ1v) is 12.4. The maximum absolute atomic E-state index is 13.4. The summed E-state index contributed by atoms with van der Waals surface area (Å²) in [5.41, 5.74) is -5.44. The van der Waals surface area contributed by atoms with E-state index < -0.39 is 27.3 Å². The van der Waals surface area contributed by atoms with E-state index >= 15 is 0 Å². The Morgan fingerprint density at radius 3 is 2.52 bits per heavy atom. The van der Waals surface area contributed by atoms with E-state index in [2.05, 4.69) is 4.74 Å². The minimum Gasteiger partial charge on any atom is -0.449 e. The Hall–Kier alpha value is -2.56. The average molecular weight is 489 g/mol. The first-order valence-electron chi connectivity index (χ1n) is 10.9. The maximum Gasteiger partial charge on any atom is 0.517 e. The summed E-state index contributed by atoms with van der Waals surface area (Å²) in [6.07, 6.45) is 5.97. The molecule has 0 spiro atoms. The number of nitrogens with zero attached hydrogens (tertiary/aromatic N) is 2. The van der Waals surface area contributed by atoms with Crippen LogP contribution in [0.4, 0.5) is 23.7 Å². The molecule has 33 heavy (non-hydrogen) atoms. The second-order valence-corrected chi connectivity index (χ2v) is 9.89. The van der Waals surface area contributed by atoms with Gasteiger partial charge in [-0.05, 0) is 50.2 Å². The molecule has 1 saturated heterocycles. The molecule has 0 N–H and O–H groups in total. The highest BCUT2D eigenvalue weighted by molar-refractivity contribution is 7.94. The van der Waals surface area contributed by atoms with Crippen LogP contribution in [0.15, 0.2) is 35.9 Å². The number of piperidine rings is 1. The molecule has 7 nitrogen and oxygen atoms in total. The van der Waals surface area contributed by atoms with Crippen molar-refractivity contribution in [3.05, 3.63) is 41.5 Å². The molecular formula is C22H27F3N2O5S. The van der Waals surface area contributed by atoms with Gasteiger partial charge in [0.15, 0.2) is 0 Å².